The van der Waals surface area contributed by atoms with Crippen LogP contribution >= 0.6 is 11.6 Å². The molecule has 0 unspecified atom stereocenters. The lowest BCUT2D eigenvalue weighted by atomic mass is 10.2. The summed E-state index contributed by atoms with van der Waals surface area (Å²) >= 11 is 6.26. The Bertz CT molecular complexity index is 1060. The number of amides is 2. The number of carbonyl (C=O) groups is 2. The van der Waals surface area contributed by atoms with E-state index in [0.717, 1.165) is 11.4 Å². The number of furan rings is 1. The molecule has 0 bridgehead atoms. The summed E-state index contributed by atoms with van der Waals surface area (Å²) in [4.78, 5) is 29.0. The minimum absolute atomic E-state index is 0.0956. The zero-order valence-electron chi connectivity index (χ0n) is 16.3. The van der Waals surface area contributed by atoms with Crippen molar-refractivity contribution in [2.24, 2.45) is 0 Å². The highest BCUT2D eigenvalue weighted by Crippen LogP contribution is 2.23. The fourth-order valence-corrected chi connectivity index (χ4v) is 3.69. The van der Waals surface area contributed by atoms with Gasteiger partial charge in [0.25, 0.3) is 11.8 Å². The first-order chi connectivity index (χ1) is 14.0. The normalized spacial score (nSPS) is 14.3. The van der Waals surface area contributed by atoms with Crippen LogP contribution in [0.5, 0.6) is 0 Å². The molecule has 0 N–H and O–H groups in total. The minimum atomic E-state index is -0.145. The molecular weight excluding hydrogens is 392 g/mol. The lowest BCUT2D eigenvalue weighted by molar-refractivity contribution is 0.0517. The van der Waals surface area contributed by atoms with E-state index in [4.69, 9.17) is 16.0 Å². The van der Waals surface area contributed by atoms with Gasteiger partial charge in [0, 0.05) is 26.2 Å². The molecular formula is C21H21ClN4O3. The van der Waals surface area contributed by atoms with E-state index in [9.17, 15) is 9.59 Å². The predicted octanol–water partition coefficient (Wildman–Crippen LogP) is 3.33. The van der Waals surface area contributed by atoms with Gasteiger partial charge in [-0.25, -0.2) is 4.68 Å². The zero-order valence-corrected chi connectivity index (χ0v) is 17.0. The third-order valence-corrected chi connectivity index (χ3v) is 5.45. The molecule has 1 fully saturated rings. The smallest absolute Gasteiger partial charge is 0.289 e. The Kier molecular flexibility index (Phi) is 5.15. The summed E-state index contributed by atoms with van der Waals surface area (Å²) in [6.45, 7) is 5.49. The average molecular weight is 413 g/mol. The minimum Gasteiger partial charge on any atom is -0.456 e. The van der Waals surface area contributed by atoms with Gasteiger partial charge in [0.1, 0.15) is 5.76 Å². The summed E-state index contributed by atoms with van der Waals surface area (Å²) in [6.07, 6.45) is 1.57. The van der Waals surface area contributed by atoms with Gasteiger partial charge in [-0.05, 0) is 38.1 Å². The molecule has 1 aromatic carbocycles. The van der Waals surface area contributed by atoms with Crippen molar-refractivity contribution < 1.29 is 14.0 Å². The molecule has 7 nitrogen and oxygen atoms in total. The van der Waals surface area contributed by atoms with E-state index in [2.05, 4.69) is 5.10 Å². The van der Waals surface area contributed by atoms with Crippen LogP contribution in [-0.4, -0.2) is 57.6 Å². The Balaban J connectivity index is 1.45. The molecule has 2 aromatic heterocycles. The number of aryl methyl sites for hydroxylation is 1. The van der Waals surface area contributed by atoms with Gasteiger partial charge < -0.3 is 14.2 Å². The molecule has 0 saturated carbocycles. The van der Waals surface area contributed by atoms with Crippen LogP contribution in [0.15, 0.2) is 47.0 Å². The number of rotatable bonds is 3. The number of aromatic nitrogens is 2. The Hall–Kier alpha value is -3.06. The van der Waals surface area contributed by atoms with Crippen LogP contribution in [0.3, 0.4) is 0 Å². The number of hydrogen-bond donors (Lipinski definition) is 0. The molecule has 0 spiro atoms. The number of hydrogen-bond acceptors (Lipinski definition) is 4. The maximum Gasteiger partial charge on any atom is 0.289 e. The Morgan fingerprint density at radius 1 is 0.966 bits per heavy atom. The number of halogens is 1. The highest BCUT2D eigenvalue weighted by Gasteiger charge is 2.28. The zero-order chi connectivity index (χ0) is 20.5. The van der Waals surface area contributed by atoms with Crippen molar-refractivity contribution in [1.82, 2.24) is 19.6 Å². The van der Waals surface area contributed by atoms with Crippen LogP contribution in [0.1, 0.15) is 32.4 Å². The van der Waals surface area contributed by atoms with Gasteiger partial charge >= 0.3 is 0 Å². The molecule has 1 aliphatic heterocycles. The van der Waals surface area contributed by atoms with E-state index in [1.54, 1.807) is 45.8 Å². The molecule has 0 aliphatic carbocycles. The van der Waals surface area contributed by atoms with E-state index in [1.165, 1.54) is 0 Å². The van der Waals surface area contributed by atoms with Crippen molar-refractivity contribution in [1.29, 1.82) is 0 Å². The monoisotopic (exact) mass is 412 g/mol. The molecule has 4 rings (SSSR count). The molecule has 1 saturated heterocycles. The predicted molar refractivity (Wildman–Crippen MR) is 109 cm³/mol. The van der Waals surface area contributed by atoms with Crippen LogP contribution in [0, 0.1) is 13.8 Å². The van der Waals surface area contributed by atoms with Gasteiger partial charge in [-0.15, -0.1) is 0 Å². The van der Waals surface area contributed by atoms with Gasteiger partial charge in [0.05, 0.1) is 28.2 Å². The van der Waals surface area contributed by atoms with Crippen molar-refractivity contribution in [3.05, 3.63) is 70.4 Å². The van der Waals surface area contributed by atoms with Crippen molar-refractivity contribution in [2.45, 2.75) is 13.8 Å². The fourth-order valence-electron chi connectivity index (χ4n) is 3.47. The van der Waals surface area contributed by atoms with Crippen molar-refractivity contribution in [3.8, 4) is 5.69 Å². The second-order valence-electron chi connectivity index (χ2n) is 7.00. The quantitative estimate of drug-likeness (QED) is 0.661. The maximum absolute atomic E-state index is 13.0. The first-order valence-corrected chi connectivity index (χ1v) is 9.78. The van der Waals surface area contributed by atoms with Crippen molar-refractivity contribution in [3.63, 3.8) is 0 Å². The molecule has 29 heavy (non-hydrogen) atoms. The first kappa shape index (κ1) is 19.3. The van der Waals surface area contributed by atoms with E-state index in [0.29, 0.717) is 48.3 Å². The van der Waals surface area contributed by atoms with Gasteiger partial charge in [-0.3, -0.25) is 9.59 Å². The topological polar surface area (TPSA) is 71.6 Å². The van der Waals surface area contributed by atoms with Gasteiger partial charge in [-0.1, -0.05) is 23.7 Å². The van der Waals surface area contributed by atoms with Crippen LogP contribution < -0.4 is 0 Å². The second kappa shape index (κ2) is 7.75. The Morgan fingerprint density at radius 2 is 1.62 bits per heavy atom. The van der Waals surface area contributed by atoms with Crippen molar-refractivity contribution >= 4 is 23.4 Å². The third-order valence-electron chi connectivity index (χ3n) is 5.13. The number of carbonyl (C=O) groups excluding carboxylic acids is 2. The number of nitrogens with zero attached hydrogens (tertiary/aromatic N) is 4. The number of para-hydroxylation sites is 1. The third kappa shape index (κ3) is 3.65. The molecule has 3 heterocycles. The number of benzene rings is 1. The summed E-state index contributed by atoms with van der Waals surface area (Å²) in [5.74, 6) is 0.793. The average Bonchev–Trinajstić information content (AvgIpc) is 3.33. The van der Waals surface area contributed by atoms with Gasteiger partial charge in [0.15, 0.2) is 5.76 Å². The molecule has 8 heteroatoms. The SMILES string of the molecule is Cc1ccc(C(=O)N2CCN(C(=O)c3cnn(-c4ccccc4Cl)c3C)CC2)o1. The second-order valence-corrected chi connectivity index (χ2v) is 7.41. The highest BCUT2D eigenvalue weighted by molar-refractivity contribution is 6.32. The fraction of sp³-hybridized carbons (Fsp3) is 0.286. The van der Waals surface area contributed by atoms with Gasteiger partial charge in [0.2, 0.25) is 0 Å². The summed E-state index contributed by atoms with van der Waals surface area (Å²) < 4.78 is 7.09. The maximum atomic E-state index is 13.0. The van der Waals surface area contributed by atoms with Crippen LogP contribution in [0.25, 0.3) is 5.69 Å². The lowest BCUT2D eigenvalue weighted by Crippen LogP contribution is -2.50. The molecule has 2 amide bonds. The summed E-state index contributed by atoms with van der Waals surface area (Å²) in [6, 6.07) is 10.8. The standard InChI is InChI=1S/C21H21ClN4O3/c1-14-7-8-19(29-14)21(28)25-11-9-24(10-12-25)20(27)16-13-23-26(15(16)2)18-6-4-3-5-17(18)22/h3-8,13H,9-12H2,1-2H3. The van der Waals surface area contributed by atoms with Crippen LogP contribution in [-0.2, 0) is 0 Å². The Morgan fingerprint density at radius 3 is 2.24 bits per heavy atom. The number of piperazine rings is 1. The lowest BCUT2D eigenvalue weighted by Gasteiger charge is -2.34. The van der Waals surface area contributed by atoms with E-state index in [1.807, 2.05) is 25.1 Å². The van der Waals surface area contributed by atoms with Gasteiger partial charge in [-0.2, -0.15) is 5.10 Å². The molecule has 150 valence electrons. The highest BCUT2D eigenvalue weighted by atomic mass is 35.5. The summed E-state index contributed by atoms with van der Waals surface area (Å²) in [5, 5.41) is 4.92. The molecule has 1 aliphatic rings. The molecule has 0 radical (unpaired) electrons. The summed E-state index contributed by atoms with van der Waals surface area (Å²) in [7, 11) is 0. The van der Waals surface area contributed by atoms with E-state index < -0.39 is 0 Å². The van der Waals surface area contributed by atoms with Crippen LogP contribution in [0.2, 0.25) is 5.02 Å². The summed E-state index contributed by atoms with van der Waals surface area (Å²) in [5.41, 5.74) is 1.99. The largest absolute Gasteiger partial charge is 0.456 e. The Labute approximate surface area is 173 Å². The van der Waals surface area contributed by atoms with E-state index >= 15 is 0 Å². The first-order valence-electron chi connectivity index (χ1n) is 9.40. The van der Waals surface area contributed by atoms with Crippen molar-refractivity contribution in [2.75, 3.05) is 26.2 Å². The molecule has 0 atom stereocenters. The van der Waals surface area contributed by atoms with Crippen LogP contribution in [0.4, 0.5) is 0 Å². The van der Waals surface area contributed by atoms with E-state index in [-0.39, 0.29) is 11.8 Å². The molecule has 3 aromatic rings.